The number of morpholine rings is 1. The molecule has 1 N–H and O–H groups in total. The van der Waals surface area contributed by atoms with E-state index in [0.717, 1.165) is 0 Å². The number of halogens is 2. The number of hydrogen-bond donors (Lipinski definition) is 1. The van der Waals surface area contributed by atoms with E-state index in [-0.39, 0.29) is 40.4 Å². The highest BCUT2D eigenvalue weighted by molar-refractivity contribution is 7.11. The second kappa shape index (κ2) is 12.7. The molecule has 1 aromatic carbocycles. The Morgan fingerprint density at radius 1 is 1.33 bits per heavy atom. The van der Waals surface area contributed by atoms with Crippen molar-refractivity contribution in [1.82, 2.24) is 15.2 Å². The van der Waals surface area contributed by atoms with Gasteiger partial charge in [0.15, 0.2) is 10.8 Å². The molecule has 1 fully saturated rings. The van der Waals surface area contributed by atoms with Crippen LogP contribution < -0.4 is 5.32 Å². The van der Waals surface area contributed by atoms with Crippen molar-refractivity contribution < 1.29 is 23.5 Å². The number of carbonyl (C=O) groups excluding carboxylic acids is 2. The Labute approximate surface area is 237 Å². The van der Waals surface area contributed by atoms with Crippen molar-refractivity contribution in [1.29, 1.82) is 0 Å². The molecular weight excluding hydrogens is 543 g/mol. The van der Waals surface area contributed by atoms with Gasteiger partial charge in [0.2, 0.25) is 0 Å². The maximum Gasteiger partial charge on any atom is 0.338 e. The van der Waals surface area contributed by atoms with Crippen LogP contribution in [0, 0.1) is 17.7 Å². The molecule has 0 spiro atoms. The number of carbonyl (C=O) groups is 2. The molecule has 0 amide bonds. The second-order valence-electron chi connectivity index (χ2n) is 10.3. The summed E-state index contributed by atoms with van der Waals surface area (Å²) < 4.78 is 25.3. The molecule has 2 aliphatic rings. The van der Waals surface area contributed by atoms with Crippen LogP contribution in [0.5, 0.6) is 0 Å². The van der Waals surface area contributed by atoms with Crippen molar-refractivity contribution in [3.63, 3.8) is 0 Å². The lowest BCUT2D eigenvalue weighted by Crippen LogP contribution is -2.55. The number of methoxy groups -OCH3 is 1. The number of hydrogen-bond acceptors (Lipinski definition) is 9. The maximum atomic E-state index is 13.9. The van der Waals surface area contributed by atoms with Crippen LogP contribution in [0.2, 0.25) is 5.02 Å². The van der Waals surface area contributed by atoms with Gasteiger partial charge in [-0.1, -0.05) is 38.4 Å². The van der Waals surface area contributed by atoms with Crippen LogP contribution >= 0.6 is 22.9 Å². The van der Waals surface area contributed by atoms with Gasteiger partial charge in [-0.25, -0.2) is 14.2 Å². The summed E-state index contributed by atoms with van der Waals surface area (Å²) in [6, 6.07) is 3.15. The summed E-state index contributed by atoms with van der Waals surface area (Å²) in [7, 11) is 1.32. The number of esters is 1. The monoisotopic (exact) mass is 576 g/mol. The summed E-state index contributed by atoms with van der Waals surface area (Å²) in [5, 5.41) is 5.99. The van der Waals surface area contributed by atoms with Crippen molar-refractivity contribution in [3.05, 3.63) is 62.5 Å². The fraction of sp³-hybridized carbons (Fsp3) is 0.500. The van der Waals surface area contributed by atoms with E-state index in [0.29, 0.717) is 48.2 Å². The Kier molecular flexibility index (Phi) is 9.53. The van der Waals surface area contributed by atoms with Crippen LogP contribution in [0.15, 0.2) is 46.0 Å². The summed E-state index contributed by atoms with van der Waals surface area (Å²) in [5.41, 5.74) is 1.37. The van der Waals surface area contributed by atoms with E-state index in [9.17, 15) is 14.0 Å². The minimum Gasteiger partial charge on any atom is -0.466 e. The van der Waals surface area contributed by atoms with Gasteiger partial charge >= 0.3 is 5.97 Å². The number of aliphatic imine (C=N–C) groups is 1. The Bertz CT molecular complexity index is 1270. The molecule has 1 unspecified atom stereocenters. The van der Waals surface area contributed by atoms with Gasteiger partial charge in [0.05, 0.1) is 25.4 Å². The van der Waals surface area contributed by atoms with E-state index < -0.39 is 17.8 Å². The molecule has 1 saturated heterocycles. The van der Waals surface area contributed by atoms with Gasteiger partial charge in [0.1, 0.15) is 17.6 Å². The van der Waals surface area contributed by atoms with Crippen molar-refractivity contribution in [2.75, 3.05) is 26.8 Å². The molecule has 0 saturated carbocycles. The molecule has 0 bridgehead atoms. The summed E-state index contributed by atoms with van der Waals surface area (Å²) in [5.74, 6) is -0.360. The zero-order chi connectivity index (χ0) is 28.3. The van der Waals surface area contributed by atoms with Crippen LogP contribution in [0.1, 0.15) is 50.7 Å². The Morgan fingerprint density at radius 3 is 2.72 bits per heavy atom. The first kappa shape index (κ1) is 29.3. The molecule has 0 aliphatic carbocycles. The lowest BCUT2D eigenvalue weighted by Gasteiger charge is -2.44. The quantitative estimate of drug-likeness (QED) is 0.429. The second-order valence-corrected chi connectivity index (χ2v) is 11.6. The highest BCUT2D eigenvalue weighted by Gasteiger charge is 2.39. The fourth-order valence-corrected chi connectivity index (χ4v) is 5.96. The number of nitrogens with one attached hydrogen (secondary N) is 1. The number of amidine groups is 1. The third-order valence-corrected chi connectivity index (χ3v) is 8.37. The molecule has 4 atom stereocenters. The van der Waals surface area contributed by atoms with Crippen LogP contribution in [-0.2, 0) is 19.1 Å². The lowest BCUT2D eigenvalue weighted by atomic mass is 9.87. The number of ether oxygens (including phenoxy) is 2. The molecule has 8 nitrogen and oxygen atoms in total. The van der Waals surface area contributed by atoms with E-state index in [2.05, 4.69) is 29.0 Å². The van der Waals surface area contributed by atoms with Gasteiger partial charge in [-0.2, -0.15) is 0 Å². The number of aromatic nitrogens is 1. The van der Waals surface area contributed by atoms with Gasteiger partial charge in [-0.15, -0.1) is 11.3 Å². The molecule has 39 heavy (non-hydrogen) atoms. The van der Waals surface area contributed by atoms with E-state index in [1.165, 1.54) is 36.6 Å². The first-order valence-corrected chi connectivity index (χ1v) is 14.2. The van der Waals surface area contributed by atoms with E-state index in [4.69, 9.17) is 26.1 Å². The molecule has 1 aromatic heterocycles. The molecular formula is C28H34ClFN4O4S. The predicted octanol–water partition coefficient (Wildman–Crippen LogP) is 4.79. The Morgan fingerprint density at radius 2 is 2.10 bits per heavy atom. The molecule has 210 valence electrons. The first-order chi connectivity index (χ1) is 18.6. The number of thiazole rings is 1. The standard InChI is InChI=1S/C28H34ClFN4O4S/c1-15(2)25-22(12-16(3)17(4)35)34(9-10-38-25)14-21-23(28(36)37-5)24(19-7-6-18(30)13-20(19)29)33-26(32-21)27-31-8-11-39-27/h6-8,11,13,15-16,22,24-25H,9-10,12,14H2,1-5H3,(H,32,33)/t16?,22-,24+,25-/m1/s1. The van der Waals surface area contributed by atoms with Crippen molar-refractivity contribution >= 4 is 40.5 Å². The number of ketones is 1. The van der Waals surface area contributed by atoms with Crippen LogP contribution in [0.3, 0.4) is 0 Å². The largest absolute Gasteiger partial charge is 0.466 e. The minimum absolute atomic E-state index is 0.0547. The third kappa shape index (κ3) is 6.57. The highest BCUT2D eigenvalue weighted by atomic mass is 35.5. The van der Waals surface area contributed by atoms with Gasteiger partial charge in [0.25, 0.3) is 0 Å². The van der Waals surface area contributed by atoms with Gasteiger partial charge in [-0.3, -0.25) is 14.7 Å². The van der Waals surface area contributed by atoms with Crippen molar-refractivity contribution in [2.24, 2.45) is 16.8 Å². The minimum atomic E-state index is -0.836. The topological polar surface area (TPSA) is 93.1 Å². The van der Waals surface area contributed by atoms with E-state index >= 15 is 0 Å². The fourth-order valence-electron chi connectivity index (χ4n) is 5.11. The molecule has 2 aromatic rings. The highest BCUT2D eigenvalue weighted by Crippen LogP contribution is 2.37. The van der Waals surface area contributed by atoms with Crippen LogP contribution in [-0.4, -0.2) is 66.4 Å². The molecule has 0 radical (unpaired) electrons. The lowest BCUT2D eigenvalue weighted by molar-refractivity contribution is -0.136. The van der Waals surface area contributed by atoms with Crippen LogP contribution in [0.4, 0.5) is 4.39 Å². The smallest absolute Gasteiger partial charge is 0.338 e. The third-order valence-electron chi connectivity index (χ3n) is 7.27. The summed E-state index contributed by atoms with van der Waals surface area (Å²) >= 11 is 7.88. The molecule has 4 rings (SSSR count). The SMILES string of the molecule is COC(=O)C1=C(CN2CCO[C@H](C(C)C)[C@H]2CC(C)C(C)=O)NC(c2nccs2)=N[C@H]1c1ccc(F)cc1Cl. The number of nitrogens with zero attached hydrogens (tertiary/aromatic N) is 3. The summed E-state index contributed by atoms with van der Waals surface area (Å²) in [4.78, 5) is 37.0. The first-order valence-electron chi connectivity index (χ1n) is 13.0. The number of Topliss-reactive ketones (excluding diaryl/α,β-unsaturated/α-hetero) is 1. The number of benzene rings is 1. The van der Waals surface area contributed by atoms with E-state index in [1.54, 1.807) is 13.1 Å². The van der Waals surface area contributed by atoms with Gasteiger partial charge in [-0.05, 0) is 31.4 Å². The average Bonchev–Trinajstić information content (AvgIpc) is 3.44. The zero-order valence-electron chi connectivity index (χ0n) is 22.7. The van der Waals surface area contributed by atoms with Gasteiger partial charge < -0.3 is 14.8 Å². The molecule has 11 heteroatoms. The van der Waals surface area contributed by atoms with Gasteiger partial charge in [0, 0.05) is 52.9 Å². The Balaban J connectivity index is 1.81. The van der Waals surface area contributed by atoms with Crippen molar-refractivity contribution in [2.45, 2.75) is 52.3 Å². The summed E-state index contributed by atoms with van der Waals surface area (Å²) in [6.07, 6.45) is 2.22. The zero-order valence-corrected chi connectivity index (χ0v) is 24.3. The Hall–Kier alpha value is -2.66. The summed E-state index contributed by atoms with van der Waals surface area (Å²) in [6.45, 7) is 9.25. The molecule has 3 heterocycles. The molecule has 2 aliphatic heterocycles. The average molecular weight is 577 g/mol. The van der Waals surface area contributed by atoms with Crippen LogP contribution in [0.25, 0.3) is 0 Å². The normalized spacial score (nSPS) is 22.9. The predicted molar refractivity (Wildman–Crippen MR) is 149 cm³/mol. The number of rotatable bonds is 9. The van der Waals surface area contributed by atoms with Crippen molar-refractivity contribution in [3.8, 4) is 0 Å². The van der Waals surface area contributed by atoms with E-state index in [1.807, 2.05) is 12.3 Å². The maximum absolute atomic E-state index is 13.9.